The van der Waals surface area contributed by atoms with Gasteiger partial charge in [-0.05, 0) is 25.1 Å². The molecule has 4 nitrogen and oxygen atoms in total. The molecule has 1 aliphatic carbocycles. The normalized spacial score (nSPS) is 25.6. The van der Waals surface area contributed by atoms with Crippen LogP contribution in [0.1, 0.15) is 25.7 Å². The van der Waals surface area contributed by atoms with E-state index in [-0.39, 0.29) is 11.5 Å². The molecule has 2 fully saturated rings. The number of rotatable bonds is 1. The minimum Gasteiger partial charge on any atom is -0.360 e. The maximum atomic E-state index is 11.3. The molecule has 1 N–H and O–H groups in total. The molecule has 1 saturated heterocycles. The number of hydrogen-bond acceptors (Lipinski definition) is 3. The fourth-order valence-corrected chi connectivity index (χ4v) is 3.80. The highest BCUT2D eigenvalue weighted by atomic mass is 32.2. The highest BCUT2D eigenvalue weighted by molar-refractivity contribution is 7.91. The summed E-state index contributed by atoms with van der Waals surface area (Å²) in [7, 11) is -2.81. The molecule has 0 aromatic carbocycles. The molecule has 0 radical (unpaired) electrons. The fourth-order valence-electron chi connectivity index (χ4n) is 2.25. The van der Waals surface area contributed by atoms with Gasteiger partial charge >= 0.3 is 0 Å². The second-order valence-corrected chi connectivity index (χ2v) is 7.26. The Morgan fingerprint density at radius 2 is 1.75 bits per heavy atom. The third kappa shape index (κ3) is 3.07. The minimum atomic E-state index is -2.81. The van der Waals surface area contributed by atoms with Crippen LogP contribution in [0.3, 0.4) is 0 Å². The summed E-state index contributed by atoms with van der Waals surface area (Å²) in [4.78, 5) is 1.98. The molecule has 1 aliphatic heterocycles. The second-order valence-electron chi connectivity index (χ2n) is 4.57. The molecule has 0 aromatic rings. The van der Waals surface area contributed by atoms with Gasteiger partial charge in [-0.3, -0.25) is 0 Å². The molecule has 0 amide bonds. The first-order valence-electron chi connectivity index (χ1n) is 5.83. The SMILES string of the molecule is O=S1(=O)CCN(C(=S)NC2CCCC2)CC1. The molecular weight excluding hydrogens is 244 g/mol. The first kappa shape index (κ1) is 12.1. The van der Waals surface area contributed by atoms with Crippen LogP contribution in [-0.2, 0) is 9.84 Å². The van der Waals surface area contributed by atoms with Crippen LogP contribution < -0.4 is 5.32 Å². The number of thiocarbonyl (C=S) groups is 1. The van der Waals surface area contributed by atoms with Crippen molar-refractivity contribution < 1.29 is 8.42 Å². The van der Waals surface area contributed by atoms with E-state index < -0.39 is 9.84 Å². The van der Waals surface area contributed by atoms with Gasteiger partial charge in [0.25, 0.3) is 0 Å². The minimum absolute atomic E-state index is 0.236. The topological polar surface area (TPSA) is 49.4 Å². The van der Waals surface area contributed by atoms with E-state index in [1.807, 2.05) is 4.90 Å². The number of nitrogens with one attached hydrogen (secondary N) is 1. The summed E-state index contributed by atoms with van der Waals surface area (Å²) in [5.74, 6) is 0.471. The van der Waals surface area contributed by atoms with Crippen molar-refractivity contribution in [3.8, 4) is 0 Å². The van der Waals surface area contributed by atoms with Gasteiger partial charge < -0.3 is 10.2 Å². The quantitative estimate of drug-likeness (QED) is 0.699. The molecule has 92 valence electrons. The Bertz CT molecular complexity index is 347. The van der Waals surface area contributed by atoms with Gasteiger partial charge in [0.15, 0.2) is 14.9 Å². The maximum absolute atomic E-state index is 11.3. The van der Waals surface area contributed by atoms with Gasteiger partial charge in [0, 0.05) is 19.1 Å². The molecule has 0 aromatic heterocycles. The lowest BCUT2D eigenvalue weighted by atomic mass is 10.2. The van der Waals surface area contributed by atoms with E-state index in [2.05, 4.69) is 5.32 Å². The molecule has 2 aliphatic rings. The molecule has 6 heteroatoms. The van der Waals surface area contributed by atoms with Gasteiger partial charge in [-0.25, -0.2) is 8.42 Å². The van der Waals surface area contributed by atoms with E-state index in [9.17, 15) is 8.42 Å². The van der Waals surface area contributed by atoms with Crippen molar-refractivity contribution >= 4 is 27.2 Å². The van der Waals surface area contributed by atoms with Crippen LogP contribution in [0.4, 0.5) is 0 Å². The monoisotopic (exact) mass is 262 g/mol. The van der Waals surface area contributed by atoms with Crippen LogP contribution in [-0.4, -0.2) is 49.1 Å². The Balaban J connectivity index is 1.82. The maximum Gasteiger partial charge on any atom is 0.169 e. The average Bonchev–Trinajstić information content (AvgIpc) is 2.70. The van der Waals surface area contributed by atoms with Gasteiger partial charge in [0.05, 0.1) is 11.5 Å². The number of hydrogen-bond donors (Lipinski definition) is 1. The first-order valence-corrected chi connectivity index (χ1v) is 8.06. The lowest BCUT2D eigenvalue weighted by molar-refractivity contribution is 0.426. The standard InChI is InChI=1S/C10H18N2O2S2/c13-16(14)7-5-12(6-8-16)10(15)11-9-3-1-2-4-9/h9H,1-8H2,(H,11,15). The number of nitrogens with zero attached hydrogens (tertiary/aromatic N) is 1. The molecule has 2 rings (SSSR count). The summed E-state index contributed by atoms with van der Waals surface area (Å²) < 4.78 is 22.5. The molecule has 0 unspecified atom stereocenters. The van der Waals surface area contributed by atoms with Gasteiger partial charge in [-0.15, -0.1) is 0 Å². The van der Waals surface area contributed by atoms with Crippen molar-refractivity contribution in [2.24, 2.45) is 0 Å². The lowest BCUT2D eigenvalue weighted by Crippen LogP contribution is -2.50. The Hall–Kier alpha value is -0.360. The third-order valence-corrected chi connectivity index (χ3v) is 5.30. The van der Waals surface area contributed by atoms with Crippen LogP contribution in [0, 0.1) is 0 Å². The van der Waals surface area contributed by atoms with Crippen LogP contribution in [0.25, 0.3) is 0 Å². The van der Waals surface area contributed by atoms with E-state index >= 15 is 0 Å². The molecule has 16 heavy (non-hydrogen) atoms. The Labute approximate surface area is 102 Å². The van der Waals surface area contributed by atoms with Crippen LogP contribution in [0.15, 0.2) is 0 Å². The van der Waals surface area contributed by atoms with Gasteiger partial charge in [0.1, 0.15) is 0 Å². The summed E-state index contributed by atoms with van der Waals surface area (Å²) in [5, 5.41) is 4.08. The van der Waals surface area contributed by atoms with E-state index in [1.165, 1.54) is 25.7 Å². The Morgan fingerprint density at radius 3 is 2.31 bits per heavy atom. The molecule has 0 atom stereocenters. The fraction of sp³-hybridized carbons (Fsp3) is 0.900. The zero-order valence-corrected chi connectivity index (χ0v) is 10.9. The zero-order valence-electron chi connectivity index (χ0n) is 9.31. The summed E-state index contributed by atoms with van der Waals surface area (Å²) in [6, 6.07) is 0.506. The van der Waals surface area contributed by atoms with Crippen LogP contribution >= 0.6 is 12.2 Å². The second kappa shape index (κ2) is 4.87. The van der Waals surface area contributed by atoms with Gasteiger partial charge in [0.2, 0.25) is 0 Å². The van der Waals surface area contributed by atoms with Gasteiger partial charge in [-0.1, -0.05) is 12.8 Å². The van der Waals surface area contributed by atoms with E-state index in [4.69, 9.17) is 12.2 Å². The van der Waals surface area contributed by atoms with E-state index in [0.717, 1.165) is 5.11 Å². The smallest absolute Gasteiger partial charge is 0.169 e. The molecule has 0 bridgehead atoms. The summed E-state index contributed by atoms with van der Waals surface area (Å²) in [5.41, 5.74) is 0. The van der Waals surface area contributed by atoms with Crippen molar-refractivity contribution in [3.05, 3.63) is 0 Å². The zero-order chi connectivity index (χ0) is 11.6. The molecule has 1 heterocycles. The van der Waals surface area contributed by atoms with Crippen molar-refractivity contribution in [2.45, 2.75) is 31.7 Å². The largest absolute Gasteiger partial charge is 0.360 e. The third-order valence-electron chi connectivity index (χ3n) is 3.31. The van der Waals surface area contributed by atoms with Gasteiger partial charge in [-0.2, -0.15) is 0 Å². The summed E-state index contributed by atoms with van der Waals surface area (Å²) >= 11 is 5.31. The Kier molecular flexibility index (Phi) is 3.69. The first-order chi connectivity index (χ1) is 7.57. The predicted octanol–water partition coefficient (Wildman–Crippen LogP) is 0.534. The van der Waals surface area contributed by atoms with Crippen LogP contribution in [0.2, 0.25) is 0 Å². The average molecular weight is 262 g/mol. The van der Waals surface area contributed by atoms with Crippen molar-refractivity contribution in [2.75, 3.05) is 24.6 Å². The highest BCUT2D eigenvalue weighted by Gasteiger charge is 2.24. The summed E-state index contributed by atoms with van der Waals surface area (Å²) in [6.45, 7) is 1.09. The van der Waals surface area contributed by atoms with E-state index in [0.29, 0.717) is 19.1 Å². The van der Waals surface area contributed by atoms with Crippen molar-refractivity contribution in [1.82, 2.24) is 10.2 Å². The Morgan fingerprint density at radius 1 is 1.19 bits per heavy atom. The lowest BCUT2D eigenvalue weighted by Gasteiger charge is -2.30. The molecular formula is C10H18N2O2S2. The summed E-state index contributed by atoms with van der Waals surface area (Å²) in [6.07, 6.45) is 4.92. The molecule has 0 spiro atoms. The van der Waals surface area contributed by atoms with E-state index in [1.54, 1.807) is 0 Å². The molecule has 1 saturated carbocycles. The van der Waals surface area contributed by atoms with Crippen LogP contribution in [0.5, 0.6) is 0 Å². The predicted molar refractivity (Wildman–Crippen MR) is 68.2 cm³/mol. The van der Waals surface area contributed by atoms with Crippen molar-refractivity contribution in [1.29, 1.82) is 0 Å². The number of sulfone groups is 1. The highest BCUT2D eigenvalue weighted by Crippen LogP contribution is 2.18. The van der Waals surface area contributed by atoms with Crippen molar-refractivity contribution in [3.63, 3.8) is 0 Å².